The zero-order valence-corrected chi connectivity index (χ0v) is 14.5. The highest BCUT2D eigenvalue weighted by Gasteiger charge is 2.39. The Kier molecular flexibility index (Phi) is 3.99. The Morgan fingerprint density at radius 3 is 2.77 bits per heavy atom. The Bertz CT molecular complexity index is 691. The van der Waals surface area contributed by atoms with E-state index in [1.165, 1.54) is 11.1 Å². The van der Waals surface area contributed by atoms with Crippen LogP contribution in [0.25, 0.3) is 0 Å². The molecule has 0 aliphatic carbocycles. The van der Waals surface area contributed by atoms with Crippen LogP contribution in [0.4, 0.5) is 0 Å². The Hall–Kier alpha value is -0.870. The molecule has 2 heterocycles. The third kappa shape index (κ3) is 2.61. The molecule has 4 rings (SSSR count). The first kappa shape index (κ1) is 14.7. The first-order chi connectivity index (χ1) is 10.7. The summed E-state index contributed by atoms with van der Waals surface area (Å²) >= 11 is 9.93. The average Bonchev–Trinajstić information content (AvgIpc) is 2.94. The van der Waals surface area contributed by atoms with Crippen molar-refractivity contribution in [3.63, 3.8) is 0 Å². The predicted octanol–water partition coefficient (Wildman–Crippen LogP) is 4.60. The van der Waals surface area contributed by atoms with Crippen LogP contribution in [0.15, 0.2) is 46.9 Å². The highest BCUT2D eigenvalue weighted by atomic mass is 79.9. The van der Waals surface area contributed by atoms with E-state index in [4.69, 9.17) is 16.3 Å². The predicted molar refractivity (Wildman–Crippen MR) is 92.2 cm³/mol. The molecule has 2 aliphatic rings. The standard InChI is InChI=1S/C18H17BrClNO/c19-16-7-6-13-14-9-21(8-12-4-2-1-3-5-12)10-17(14)22-11-15(13)18(16)20/h1-7,14,17H,8-11H2. The van der Waals surface area contributed by atoms with Gasteiger partial charge < -0.3 is 4.74 Å². The van der Waals surface area contributed by atoms with E-state index in [9.17, 15) is 0 Å². The fraction of sp³-hybridized carbons (Fsp3) is 0.333. The number of benzene rings is 2. The van der Waals surface area contributed by atoms with Crippen molar-refractivity contribution >= 4 is 27.5 Å². The molecule has 114 valence electrons. The summed E-state index contributed by atoms with van der Waals surface area (Å²) in [5.41, 5.74) is 3.87. The number of hydrogen-bond donors (Lipinski definition) is 0. The minimum atomic E-state index is 0.286. The normalized spacial score (nSPS) is 24.1. The molecule has 0 aromatic heterocycles. The maximum atomic E-state index is 6.43. The summed E-state index contributed by atoms with van der Waals surface area (Å²) in [7, 11) is 0. The summed E-state index contributed by atoms with van der Waals surface area (Å²) in [5.74, 6) is 0.429. The minimum absolute atomic E-state index is 0.286. The molecule has 0 N–H and O–H groups in total. The van der Waals surface area contributed by atoms with Gasteiger partial charge in [-0.2, -0.15) is 0 Å². The number of halogens is 2. The maximum Gasteiger partial charge on any atom is 0.0787 e. The molecule has 0 spiro atoms. The van der Waals surface area contributed by atoms with Gasteiger partial charge >= 0.3 is 0 Å². The van der Waals surface area contributed by atoms with E-state index >= 15 is 0 Å². The summed E-state index contributed by atoms with van der Waals surface area (Å²) in [6.07, 6.45) is 0.286. The molecule has 0 bridgehead atoms. The highest BCUT2D eigenvalue weighted by molar-refractivity contribution is 9.10. The number of likely N-dealkylation sites (tertiary alicyclic amines) is 1. The van der Waals surface area contributed by atoms with Crippen LogP contribution in [0.5, 0.6) is 0 Å². The van der Waals surface area contributed by atoms with Crippen molar-refractivity contribution in [3.05, 3.63) is 68.7 Å². The zero-order valence-electron chi connectivity index (χ0n) is 12.1. The summed E-state index contributed by atoms with van der Waals surface area (Å²) in [5, 5.41) is 0.803. The second-order valence-corrected chi connectivity index (χ2v) is 7.30. The largest absolute Gasteiger partial charge is 0.371 e. The van der Waals surface area contributed by atoms with Crippen LogP contribution in [0.1, 0.15) is 22.6 Å². The summed E-state index contributed by atoms with van der Waals surface area (Å²) < 4.78 is 7.04. The molecule has 2 aliphatic heterocycles. The lowest BCUT2D eigenvalue weighted by atomic mass is 9.90. The maximum absolute atomic E-state index is 6.43. The van der Waals surface area contributed by atoms with Gasteiger partial charge in [0.15, 0.2) is 0 Å². The van der Waals surface area contributed by atoms with E-state index in [1.807, 2.05) is 0 Å². The lowest BCUT2D eigenvalue weighted by molar-refractivity contribution is 0.0249. The SMILES string of the molecule is Clc1c(Br)ccc2c1COC1CN(Cc3ccccc3)CC21. The summed E-state index contributed by atoms with van der Waals surface area (Å²) in [6, 6.07) is 14.9. The molecule has 1 saturated heterocycles. The topological polar surface area (TPSA) is 12.5 Å². The molecule has 0 amide bonds. The summed E-state index contributed by atoms with van der Waals surface area (Å²) in [4.78, 5) is 2.48. The van der Waals surface area contributed by atoms with Crippen molar-refractivity contribution in [2.24, 2.45) is 0 Å². The molecule has 0 radical (unpaired) electrons. The Morgan fingerprint density at radius 1 is 1.14 bits per heavy atom. The number of nitrogens with zero attached hydrogens (tertiary/aromatic N) is 1. The van der Waals surface area contributed by atoms with Crippen LogP contribution < -0.4 is 0 Å². The van der Waals surface area contributed by atoms with Gasteiger partial charge in [-0.1, -0.05) is 48.0 Å². The van der Waals surface area contributed by atoms with Gasteiger partial charge in [-0.25, -0.2) is 0 Å². The molecule has 2 aromatic carbocycles. The van der Waals surface area contributed by atoms with Gasteiger partial charge in [0.2, 0.25) is 0 Å². The molecule has 2 unspecified atom stereocenters. The van der Waals surface area contributed by atoms with E-state index < -0.39 is 0 Å². The van der Waals surface area contributed by atoms with Crippen LogP contribution >= 0.6 is 27.5 Å². The third-order valence-electron chi connectivity index (χ3n) is 4.66. The Labute approximate surface area is 144 Å². The second kappa shape index (κ2) is 5.97. The van der Waals surface area contributed by atoms with E-state index in [2.05, 4.69) is 63.3 Å². The van der Waals surface area contributed by atoms with E-state index in [0.29, 0.717) is 12.5 Å². The molecular weight excluding hydrogens is 362 g/mol. The molecular formula is C18H17BrClNO. The van der Waals surface area contributed by atoms with Gasteiger partial charge in [-0.05, 0) is 33.1 Å². The fourth-order valence-electron chi connectivity index (χ4n) is 3.58. The van der Waals surface area contributed by atoms with E-state index in [-0.39, 0.29) is 6.10 Å². The van der Waals surface area contributed by atoms with Crippen LogP contribution in [0.2, 0.25) is 5.02 Å². The van der Waals surface area contributed by atoms with Crippen molar-refractivity contribution in [1.29, 1.82) is 0 Å². The Morgan fingerprint density at radius 2 is 1.95 bits per heavy atom. The summed E-state index contributed by atoms with van der Waals surface area (Å²) in [6.45, 7) is 3.63. The van der Waals surface area contributed by atoms with Crippen LogP contribution in [-0.2, 0) is 17.9 Å². The first-order valence-corrected chi connectivity index (χ1v) is 8.74. The van der Waals surface area contributed by atoms with Crippen molar-refractivity contribution in [2.75, 3.05) is 13.1 Å². The van der Waals surface area contributed by atoms with Crippen LogP contribution in [-0.4, -0.2) is 24.1 Å². The number of ether oxygens (including phenoxy) is 1. The van der Waals surface area contributed by atoms with E-state index in [0.717, 1.165) is 34.7 Å². The molecule has 2 aromatic rings. The lowest BCUT2D eigenvalue weighted by Crippen LogP contribution is -2.27. The molecule has 2 atom stereocenters. The van der Waals surface area contributed by atoms with Gasteiger partial charge in [0.25, 0.3) is 0 Å². The minimum Gasteiger partial charge on any atom is -0.371 e. The van der Waals surface area contributed by atoms with Crippen molar-refractivity contribution in [2.45, 2.75) is 25.2 Å². The third-order valence-corrected chi connectivity index (χ3v) is 5.99. The monoisotopic (exact) mass is 377 g/mol. The average molecular weight is 379 g/mol. The van der Waals surface area contributed by atoms with Gasteiger partial charge in [-0.15, -0.1) is 0 Å². The number of fused-ring (bicyclic) bond motifs is 3. The molecule has 2 nitrogen and oxygen atoms in total. The number of rotatable bonds is 2. The smallest absolute Gasteiger partial charge is 0.0787 e. The first-order valence-electron chi connectivity index (χ1n) is 7.57. The van der Waals surface area contributed by atoms with Gasteiger partial charge in [0.1, 0.15) is 0 Å². The molecule has 1 fully saturated rings. The van der Waals surface area contributed by atoms with Crippen molar-refractivity contribution in [3.8, 4) is 0 Å². The molecule has 4 heteroatoms. The van der Waals surface area contributed by atoms with Crippen molar-refractivity contribution in [1.82, 2.24) is 4.90 Å². The number of hydrogen-bond acceptors (Lipinski definition) is 2. The quantitative estimate of drug-likeness (QED) is 0.757. The van der Waals surface area contributed by atoms with Gasteiger partial charge in [0.05, 0.1) is 17.7 Å². The molecule has 0 saturated carbocycles. The van der Waals surface area contributed by atoms with Gasteiger partial charge in [-0.3, -0.25) is 4.90 Å². The Balaban J connectivity index is 1.57. The van der Waals surface area contributed by atoms with Gasteiger partial charge in [0, 0.05) is 35.6 Å². The van der Waals surface area contributed by atoms with Crippen LogP contribution in [0.3, 0.4) is 0 Å². The van der Waals surface area contributed by atoms with Crippen LogP contribution in [0, 0.1) is 0 Å². The molecule has 22 heavy (non-hydrogen) atoms. The second-order valence-electron chi connectivity index (χ2n) is 6.06. The van der Waals surface area contributed by atoms with Crippen molar-refractivity contribution < 1.29 is 4.74 Å². The lowest BCUT2D eigenvalue weighted by Gasteiger charge is -2.28. The fourth-order valence-corrected chi connectivity index (χ4v) is 4.18. The highest BCUT2D eigenvalue weighted by Crippen LogP contribution is 2.41. The zero-order chi connectivity index (χ0) is 15.1. The van der Waals surface area contributed by atoms with E-state index in [1.54, 1.807) is 0 Å².